The number of nitrogens with one attached hydrogen (secondary N) is 2. The smallest absolute Gasteiger partial charge is 0.263 e. The SMILES string of the molecule is CNc1ccc(S(=O)(=O)Nc2cc(Br)cc(OC)c2)cn1. The number of methoxy groups -OCH3 is 1. The monoisotopic (exact) mass is 371 g/mol. The minimum absolute atomic E-state index is 0.0837. The van der Waals surface area contributed by atoms with E-state index >= 15 is 0 Å². The summed E-state index contributed by atoms with van der Waals surface area (Å²) in [5, 5.41) is 2.83. The first-order valence-corrected chi connectivity index (χ1v) is 8.23. The fourth-order valence-electron chi connectivity index (χ4n) is 1.64. The largest absolute Gasteiger partial charge is 0.497 e. The van der Waals surface area contributed by atoms with E-state index in [2.05, 4.69) is 31.0 Å². The van der Waals surface area contributed by atoms with E-state index < -0.39 is 10.0 Å². The first-order valence-electron chi connectivity index (χ1n) is 5.96. The second-order valence-corrected chi connectivity index (χ2v) is 6.71. The molecule has 0 aliphatic heterocycles. The van der Waals surface area contributed by atoms with Crippen LogP contribution < -0.4 is 14.8 Å². The van der Waals surface area contributed by atoms with Gasteiger partial charge in [-0.2, -0.15) is 0 Å². The van der Waals surface area contributed by atoms with E-state index in [-0.39, 0.29) is 4.90 Å². The molecule has 0 radical (unpaired) electrons. The van der Waals surface area contributed by atoms with Crippen molar-refractivity contribution < 1.29 is 13.2 Å². The summed E-state index contributed by atoms with van der Waals surface area (Å²) in [6.07, 6.45) is 1.30. The number of halogens is 1. The molecule has 2 aromatic rings. The Morgan fingerprint density at radius 1 is 1.24 bits per heavy atom. The second kappa shape index (κ2) is 6.31. The molecule has 1 heterocycles. The van der Waals surface area contributed by atoms with Crippen LogP contribution in [-0.2, 0) is 10.0 Å². The van der Waals surface area contributed by atoms with Crippen molar-refractivity contribution in [3.8, 4) is 5.75 Å². The summed E-state index contributed by atoms with van der Waals surface area (Å²) >= 11 is 3.30. The number of hydrogen-bond acceptors (Lipinski definition) is 5. The molecule has 6 nitrogen and oxygen atoms in total. The zero-order valence-corrected chi connectivity index (χ0v) is 13.8. The summed E-state index contributed by atoms with van der Waals surface area (Å²) in [5.74, 6) is 1.14. The first kappa shape index (κ1) is 15.6. The standard InChI is InChI=1S/C13H14BrN3O3S/c1-15-13-4-3-12(8-16-13)21(18,19)17-10-5-9(14)6-11(7-10)20-2/h3-8,17H,1-2H3,(H,15,16). The van der Waals surface area contributed by atoms with E-state index in [4.69, 9.17) is 4.74 Å². The van der Waals surface area contributed by atoms with Crippen molar-refractivity contribution in [2.45, 2.75) is 4.90 Å². The van der Waals surface area contributed by atoms with Crippen LogP contribution in [0, 0.1) is 0 Å². The van der Waals surface area contributed by atoms with Crippen LogP contribution >= 0.6 is 15.9 Å². The minimum atomic E-state index is -3.70. The number of hydrogen-bond donors (Lipinski definition) is 2. The Bertz CT molecular complexity index is 733. The van der Waals surface area contributed by atoms with Gasteiger partial charge in [-0.15, -0.1) is 0 Å². The molecular formula is C13H14BrN3O3S. The quantitative estimate of drug-likeness (QED) is 0.844. The fraction of sp³-hybridized carbons (Fsp3) is 0.154. The highest BCUT2D eigenvalue weighted by Crippen LogP contribution is 2.26. The van der Waals surface area contributed by atoms with Crippen LogP contribution in [0.5, 0.6) is 5.75 Å². The summed E-state index contributed by atoms with van der Waals surface area (Å²) in [6.45, 7) is 0. The average Bonchev–Trinajstić information content (AvgIpc) is 2.46. The predicted molar refractivity (Wildman–Crippen MR) is 85.3 cm³/mol. The molecule has 0 atom stereocenters. The Kier molecular flexibility index (Phi) is 4.69. The molecule has 0 spiro atoms. The Hall–Kier alpha value is -1.80. The van der Waals surface area contributed by atoms with Crippen LogP contribution in [0.2, 0.25) is 0 Å². The maximum Gasteiger partial charge on any atom is 0.263 e. The first-order chi connectivity index (χ1) is 9.94. The number of anilines is 2. The van der Waals surface area contributed by atoms with Gasteiger partial charge in [0.2, 0.25) is 0 Å². The van der Waals surface area contributed by atoms with Gasteiger partial charge in [-0.1, -0.05) is 15.9 Å². The van der Waals surface area contributed by atoms with E-state index in [1.54, 1.807) is 31.3 Å². The molecule has 0 saturated carbocycles. The number of pyridine rings is 1. The van der Waals surface area contributed by atoms with Gasteiger partial charge in [0.15, 0.2) is 0 Å². The van der Waals surface area contributed by atoms with Crippen molar-refractivity contribution in [2.75, 3.05) is 24.2 Å². The van der Waals surface area contributed by atoms with Crippen molar-refractivity contribution in [3.05, 3.63) is 41.0 Å². The summed E-state index contributed by atoms with van der Waals surface area (Å²) < 4.78 is 32.9. The van der Waals surface area contributed by atoms with E-state index in [0.717, 1.165) is 0 Å². The third-order valence-corrected chi connectivity index (χ3v) is 4.49. The van der Waals surface area contributed by atoms with Crippen LogP contribution in [0.3, 0.4) is 0 Å². The highest BCUT2D eigenvalue weighted by molar-refractivity contribution is 9.10. The zero-order valence-electron chi connectivity index (χ0n) is 11.4. The zero-order chi connectivity index (χ0) is 15.5. The molecule has 0 saturated heterocycles. The molecule has 112 valence electrons. The molecule has 1 aromatic heterocycles. The maximum absolute atomic E-state index is 12.3. The Balaban J connectivity index is 2.30. The van der Waals surface area contributed by atoms with Gasteiger partial charge in [0.05, 0.1) is 12.8 Å². The van der Waals surface area contributed by atoms with E-state index in [1.165, 1.54) is 19.4 Å². The van der Waals surface area contributed by atoms with Crippen molar-refractivity contribution in [3.63, 3.8) is 0 Å². The Labute approximate surface area is 131 Å². The number of ether oxygens (including phenoxy) is 1. The van der Waals surface area contributed by atoms with Gasteiger partial charge in [-0.25, -0.2) is 13.4 Å². The van der Waals surface area contributed by atoms with Gasteiger partial charge in [0, 0.05) is 23.8 Å². The van der Waals surface area contributed by atoms with Gasteiger partial charge >= 0.3 is 0 Å². The summed E-state index contributed by atoms with van der Waals surface area (Å²) in [5.41, 5.74) is 0.402. The van der Waals surface area contributed by atoms with Gasteiger partial charge in [0.25, 0.3) is 10.0 Å². The van der Waals surface area contributed by atoms with Crippen LogP contribution in [0.25, 0.3) is 0 Å². The van der Waals surface area contributed by atoms with Crippen molar-refractivity contribution in [1.82, 2.24) is 4.98 Å². The molecule has 8 heteroatoms. The fourth-order valence-corrected chi connectivity index (χ4v) is 3.10. The molecule has 1 aromatic carbocycles. The third kappa shape index (κ3) is 3.85. The molecule has 0 aliphatic rings. The van der Waals surface area contributed by atoms with E-state index in [0.29, 0.717) is 21.7 Å². The number of aromatic nitrogens is 1. The molecular weight excluding hydrogens is 358 g/mol. The predicted octanol–water partition coefficient (Wildman–Crippen LogP) is 2.70. The molecule has 2 rings (SSSR count). The molecule has 21 heavy (non-hydrogen) atoms. The van der Waals surface area contributed by atoms with Gasteiger partial charge in [-0.3, -0.25) is 4.72 Å². The lowest BCUT2D eigenvalue weighted by Crippen LogP contribution is -2.13. The molecule has 0 bridgehead atoms. The highest BCUT2D eigenvalue weighted by Gasteiger charge is 2.15. The lowest BCUT2D eigenvalue weighted by atomic mass is 10.3. The minimum Gasteiger partial charge on any atom is -0.497 e. The topological polar surface area (TPSA) is 80.3 Å². The maximum atomic E-state index is 12.3. The Morgan fingerprint density at radius 3 is 2.57 bits per heavy atom. The molecule has 0 fully saturated rings. The van der Waals surface area contributed by atoms with Crippen molar-refractivity contribution >= 4 is 37.5 Å². The molecule has 0 aliphatic carbocycles. The number of nitrogens with zero attached hydrogens (tertiary/aromatic N) is 1. The third-order valence-electron chi connectivity index (χ3n) is 2.66. The number of rotatable bonds is 5. The lowest BCUT2D eigenvalue weighted by Gasteiger charge is -2.10. The van der Waals surface area contributed by atoms with Gasteiger partial charge in [0.1, 0.15) is 16.5 Å². The highest BCUT2D eigenvalue weighted by atomic mass is 79.9. The summed E-state index contributed by atoms with van der Waals surface area (Å²) in [6, 6.07) is 8.06. The van der Waals surface area contributed by atoms with Crippen molar-refractivity contribution in [1.29, 1.82) is 0 Å². The van der Waals surface area contributed by atoms with Gasteiger partial charge in [-0.05, 0) is 24.3 Å². The van der Waals surface area contributed by atoms with Crippen LogP contribution in [0.1, 0.15) is 0 Å². The average molecular weight is 372 g/mol. The normalized spacial score (nSPS) is 11.0. The Morgan fingerprint density at radius 2 is 2.00 bits per heavy atom. The number of sulfonamides is 1. The van der Waals surface area contributed by atoms with Crippen LogP contribution in [0.15, 0.2) is 45.9 Å². The van der Waals surface area contributed by atoms with E-state index in [1.807, 2.05) is 0 Å². The lowest BCUT2D eigenvalue weighted by molar-refractivity contribution is 0.415. The van der Waals surface area contributed by atoms with E-state index in [9.17, 15) is 8.42 Å². The number of benzene rings is 1. The molecule has 0 amide bonds. The van der Waals surface area contributed by atoms with Crippen molar-refractivity contribution in [2.24, 2.45) is 0 Å². The summed E-state index contributed by atoms with van der Waals surface area (Å²) in [4.78, 5) is 4.08. The van der Waals surface area contributed by atoms with Gasteiger partial charge < -0.3 is 10.1 Å². The van der Waals surface area contributed by atoms with Crippen LogP contribution in [-0.4, -0.2) is 27.6 Å². The summed E-state index contributed by atoms with van der Waals surface area (Å²) in [7, 11) is -0.472. The van der Waals surface area contributed by atoms with Crippen LogP contribution in [0.4, 0.5) is 11.5 Å². The molecule has 2 N–H and O–H groups in total. The molecule has 0 unspecified atom stereocenters. The second-order valence-electron chi connectivity index (χ2n) is 4.11.